The second-order valence-corrected chi connectivity index (χ2v) is 6.76. The quantitative estimate of drug-likeness (QED) is 0.615. The highest BCUT2D eigenvalue weighted by Crippen LogP contribution is 2.24. The summed E-state index contributed by atoms with van der Waals surface area (Å²) in [6, 6.07) is 12.7. The average Bonchev–Trinajstić information content (AvgIpc) is 2.77. The van der Waals surface area contributed by atoms with E-state index in [1.54, 1.807) is 24.3 Å². The summed E-state index contributed by atoms with van der Waals surface area (Å²) in [6.45, 7) is 0. The van der Waals surface area contributed by atoms with Gasteiger partial charge in [-0.25, -0.2) is 0 Å². The Bertz CT molecular complexity index is 913. The van der Waals surface area contributed by atoms with E-state index in [1.165, 1.54) is 11.3 Å². The Balaban J connectivity index is 2.14. The Morgan fingerprint density at radius 1 is 1.29 bits per heavy atom. The topological polar surface area (TPSA) is 34.4 Å². The summed E-state index contributed by atoms with van der Waals surface area (Å²) >= 11 is 10.9. The molecular weight excluding hydrogens is 372 g/mol. The summed E-state index contributed by atoms with van der Waals surface area (Å²) in [5, 5.41) is 0.527. The van der Waals surface area contributed by atoms with Gasteiger partial charge >= 0.3 is 0 Å². The van der Waals surface area contributed by atoms with Crippen LogP contribution in [0.25, 0.3) is 10.2 Å². The maximum atomic E-state index is 12.2. The lowest BCUT2D eigenvalue weighted by molar-refractivity contribution is 0.0998. The van der Waals surface area contributed by atoms with E-state index in [-0.39, 0.29) is 5.91 Å². The van der Waals surface area contributed by atoms with Crippen LogP contribution in [0.5, 0.6) is 0 Å². The summed E-state index contributed by atoms with van der Waals surface area (Å²) in [4.78, 5) is 17.1. The van der Waals surface area contributed by atoms with Crippen molar-refractivity contribution >= 4 is 55.0 Å². The third kappa shape index (κ3) is 2.81. The molecule has 0 aliphatic carbocycles. The molecule has 0 aliphatic heterocycles. The van der Waals surface area contributed by atoms with E-state index in [0.717, 1.165) is 14.7 Å². The number of hydrogen-bond donors (Lipinski definition) is 0. The van der Waals surface area contributed by atoms with Gasteiger partial charge in [-0.1, -0.05) is 35.1 Å². The van der Waals surface area contributed by atoms with E-state index in [9.17, 15) is 4.79 Å². The van der Waals surface area contributed by atoms with Gasteiger partial charge in [-0.3, -0.25) is 4.79 Å². The van der Waals surface area contributed by atoms with Gasteiger partial charge in [0.25, 0.3) is 5.91 Å². The summed E-state index contributed by atoms with van der Waals surface area (Å²) in [7, 11) is 1.90. The monoisotopic (exact) mass is 380 g/mol. The molecule has 3 rings (SSSR count). The molecule has 0 bridgehead atoms. The SMILES string of the molecule is Cn1c(=NC(=O)c2cccc(Cl)c2)sc2cccc(Br)c21. The first-order valence-corrected chi connectivity index (χ1v) is 8.13. The molecule has 0 fully saturated rings. The van der Waals surface area contributed by atoms with Gasteiger partial charge < -0.3 is 4.57 Å². The van der Waals surface area contributed by atoms with Gasteiger partial charge in [-0.05, 0) is 46.3 Å². The maximum Gasteiger partial charge on any atom is 0.279 e. The molecule has 0 saturated heterocycles. The van der Waals surface area contributed by atoms with Gasteiger partial charge in [0.05, 0.1) is 10.2 Å². The minimum absolute atomic E-state index is 0.296. The van der Waals surface area contributed by atoms with Crippen LogP contribution in [0.4, 0.5) is 0 Å². The normalized spacial score (nSPS) is 12.0. The summed E-state index contributed by atoms with van der Waals surface area (Å²) in [6.07, 6.45) is 0. The number of benzene rings is 2. The molecule has 1 heterocycles. The van der Waals surface area contributed by atoms with Crippen LogP contribution in [-0.4, -0.2) is 10.5 Å². The number of hydrogen-bond acceptors (Lipinski definition) is 2. The highest BCUT2D eigenvalue weighted by Gasteiger charge is 2.09. The Labute approximate surface area is 138 Å². The second kappa shape index (κ2) is 5.75. The average molecular weight is 382 g/mol. The van der Waals surface area contributed by atoms with Crippen molar-refractivity contribution in [1.82, 2.24) is 4.57 Å². The molecular formula is C15H10BrClN2OS. The number of aryl methyl sites for hydroxylation is 1. The zero-order valence-electron chi connectivity index (χ0n) is 11.0. The molecule has 0 unspecified atom stereocenters. The van der Waals surface area contributed by atoms with Crippen LogP contribution in [0.1, 0.15) is 10.4 Å². The molecule has 0 spiro atoms. The molecule has 2 aromatic carbocycles. The zero-order chi connectivity index (χ0) is 15.0. The first-order chi connectivity index (χ1) is 10.1. The molecule has 0 radical (unpaired) electrons. The Kier molecular flexibility index (Phi) is 3.97. The Morgan fingerprint density at radius 3 is 2.76 bits per heavy atom. The molecule has 1 amide bonds. The van der Waals surface area contributed by atoms with Crippen LogP contribution in [-0.2, 0) is 7.05 Å². The van der Waals surface area contributed by atoms with E-state index in [0.29, 0.717) is 15.4 Å². The second-order valence-electron chi connectivity index (χ2n) is 4.46. The third-order valence-corrected chi connectivity index (χ3v) is 5.01. The molecule has 0 aliphatic rings. The van der Waals surface area contributed by atoms with Crippen LogP contribution in [0.2, 0.25) is 5.02 Å². The van der Waals surface area contributed by atoms with Gasteiger partial charge in [0.1, 0.15) is 0 Å². The minimum atomic E-state index is -0.296. The minimum Gasteiger partial charge on any atom is -0.318 e. The van der Waals surface area contributed by atoms with Crippen molar-refractivity contribution in [2.45, 2.75) is 0 Å². The number of fused-ring (bicyclic) bond motifs is 1. The van der Waals surface area contributed by atoms with Crippen LogP contribution in [0.15, 0.2) is 51.9 Å². The van der Waals surface area contributed by atoms with Crippen molar-refractivity contribution < 1.29 is 4.79 Å². The van der Waals surface area contributed by atoms with Gasteiger partial charge in [0.15, 0.2) is 4.80 Å². The number of carbonyl (C=O) groups is 1. The fraction of sp³-hybridized carbons (Fsp3) is 0.0667. The molecule has 1 aromatic heterocycles. The lowest BCUT2D eigenvalue weighted by atomic mass is 10.2. The van der Waals surface area contributed by atoms with Crippen molar-refractivity contribution in [3.8, 4) is 0 Å². The van der Waals surface area contributed by atoms with Crippen molar-refractivity contribution in [2.75, 3.05) is 0 Å². The van der Waals surface area contributed by atoms with E-state index < -0.39 is 0 Å². The molecule has 21 heavy (non-hydrogen) atoms. The predicted octanol–water partition coefficient (Wildman–Crippen LogP) is 4.40. The van der Waals surface area contributed by atoms with Crippen molar-refractivity contribution in [3.05, 3.63) is 62.3 Å². The van der Waals surface area contributed by atoms with E-state index in [1.807, 2.05) is 29.8 Å². The number of rotatable bonds is 1. The number of para-hydroxylation sites is 1. The lowest BCUT2D eigenvalue weighted by Crippen LogP contribution is -2.13. The Morgan fingerprint density at radius 2 is 2.05 bits per heavy atom. The first kappa shape index (κ1) is 14.5. The smallest absolute Gasteiger partial charge is 0.279 e. The maximum absolute atomic E-state index is 12.2. The molecule has 0 saturated carbocycles. The molecule has 6 heteroatoms. The van der Waals surface area contributed by atoms with Crippen molar-refractivity contribution in [1.29, 1.82) is 0 Å². The molecule has 0 atom stereocenters. The lowest BCUT2D eigenvalue weighted by Gasteiger charge is -1.98. The zero-order valence-corrected chi connectivity index (χ0v) is 14.2. The van der Waals surface area contributed by atoms with Gasteiger partial charge in [-0.15, -0.1) is 0 Å². The first-order valence-electron chi connectivity index (χ1n) is 6.15. The number of nitrogens with zero attached hydrogens (tertiary/aromatic N) is 2. The molecule has 0 N–H and O–H groups in total. The van der Waals surface area contributed by atoms with Crippen LogP contribution >= 0.6 is 38.9 Å². The third-order valence-electron chi connectivity index (χ3n) is 3.04. The highest BCUT2D eigenvalue weighted by molar-refractivity contribution is 9.10. The predicted molar refractivity (Wildman–Crippen MR) is 89.8 cm³/mol. The number of halogens is 2. The van der Waals surface area contributed by atoms with Crippen LogP contribution in [0, 0.1) is 0 Å². The van der Waals surface area contributed by atoms with E-state index in [2.05, 4.69) is 20.9 Å². The number of thiazole rings is 1. The van der Waals surface area contributed by atoms with Gasteiger partial charge in [0, 0.05) is 22.1 Å². The Hall–Kier alpha value is -1.43. The van der Waals surface area contributed by atoms with Gasteiger partial charge in [0.2, 0.25) is 0 Å². The summed E-state index contributed by atoms with van der Waals surface area (Å²) < 4.78 is 3.96. The fourth-order valence-electron chi connectivity index (χ4n) is 2.04. The fourth-order valence-corrected chi connectivity index (χ4v) is 4.03. The highest BCUT2D eigenvalue weighted by atomic mass is 79.9. The van der Waals surface area contributed by atoms with Crippen LogP contribution < -0.4 is 4.80 Å². The number of aromatic nitrogens is 1. The molecule has 106 valence electrons. The molecule has 3 nitrogen and oxygen atoms in total. The summed E-state index contributed by atoms with van der Waals surface area (Å²) in [5.41, 5.74) is 1.51. The van der Waals surface area contributed by atoms with Gasteiger partial charge in [-0.2, -0.15) is 4.99 Å². The molecule has 3 aromatic rings. The van der Waals surface area contributed by atoms with E-state index in [4.69, 9.17) is 11.6 Å². The summed E-state index contributed by atoms with van der Waals surface area (Å²) in [5.74, 6) is -0.296. The van der Waals surface area contributed by atoms with Crippen molar-refractivity contribution in [3.63, 3.8) is 0 Å². The van der Waals surface area contributed by atoms with Crippen LogP contribution in [0.3, 0.4) is 0 Å². The number of amides is 1. The number of carbonyl (C=O) groups excluding carboxylic acids is 1. The largest absolute Gasteiger partial charge is 0.318 e. The van der Waals surface area contributed by atoms with Crippen molar-refractivity contribution in [2.24, 2.45) is 12.0 Å². The van der Waals surface area contributed by atoms with E-state index >= 15 is 0 Å². The standard InChI is InChI=1S/C15H10BrClN2OS/c1-19-13-11(16)6-3-7-12(13)21-15(19)18-14(20)9-4-2-5-10(17)8-9/h2-8H,1H3.